The van der Waals surface area contributed by atoms with Crippen LogP contribution in [0.3, 0.4) is 0 Å². The number of anilines is 2. The van der Waals surface area contributed by atoms with Crippen LogP contribution >= 0.6 is 0 Å². The third-order valence-corrected chi connectivity index (χ3v) is 5.64. The molecule has 4 atom stereocenters. The first kappa shape index (κ1) is 19.0. The van der Waals surface area contributed by atoms with Crippen LogP contribution in [0.15, 0.2) is 24.5 Å². The molecule has 2 aromatic heterocycles. The highest BCUT2D eigenvalue weighted by atomic mass is 16.3. The molecule has 1 fully saturated rings. The van der Waals surface area contributed by atoms with Gasteiger partial charge in [0, 0.05) is 36.6 Å². The summed E-state index contributed by atoms with van der Waals surface area (Å²) < 4.78 is 0. The number of aromatic nitrogens is 3. The minimum atomic E-state index is -1.16. The van der Waals surface area contributed by atoms with Gasteiger partial charge in [-0.3, -0.25) is 4.98 Å². The normalized spacial score (nSPS) is 25.6. The molecule has 1 unspecified atom stereocenters. The predicted molar refractivity (Wildman–Crippen MR) is 107 cm³/mol. The zero-order valence-electron chi connectivity index (χ0n) is 15.9. The summed E-state index contributed by atoms with van der Waals surface area (Å²) in [4.78, 5) is 13.4. The highest BCUT2D eigenvalue weighted by Gasteiger charge is 2.24. The molecule has 2 aliphatic carbocycles. The summed E-state index contributed by atoms with van der Waals surface area (Å²) in [6.45, 7) is 0. The van der Waals surface area contributed by atoms with Crippen LogP contribution in [0.5, 0.6) is 0 Å². The van der Waals surface area contributed by atoms with E-state index in [9.17, 15) is 10.2 Å². The fourth-order valence-electron chi connectivity index (χ4n) is 4.13. The molecule has 8 nitrogen and oxygen atoms in total. The Labute approximate surface area is 164 Å². The Morgan fingerprint density at radius 3 is 2.86 bits per heavy atom. The number of nitrogens with zero attached hydrogens (tertiary/aromatic N) is 3. The quantitative estimate of drug-likeness (QED) is 0.491. The molecule has 150 valence electrons. The average molecular weight is 384 g/mol. The van der Waals surface area contributed by atoms with Crippen molar-refractivity contribution in [1.29, 1.82) is 0 Å². The van der Waals surface area contributed by atoms with E-state index in [1.165, 1.54) is 5.56 Å². The number of aryl methyl sites for hydroxylation is 1. The van der Waals surface area contributed by atoms with Gasteiger partial charge in [-0.2, -0.15) is 4.98 Å². The number of pyridine rings is 1. The molecule has 4 rings (SSSR count). The molecule has 1 saturated carbocycles. The lowest BCUT2D eigenvalue weighted by Gasteiger charge is -2.28. The van der Waals surface area contributed by atoms with E-state index < -0.39 is 6.23 Å². The van der Waals surface area contributed by atoms with Gasteiger partial charge < -0.3 is 26.6 Å². The maximum absolute atomic E-state index is 9.92. The van der Waals surface area contributed by atoms with E-state index in [1.54, 1.807) is 6.20 Å². The van der Waals surface area contributed by atoms with Gasteiger partial charge >= 0.3 is 0 Å². The second kappa shape index (κ2) is 8.38. The minimum Gasteiger partial charge on any atom is -0.393 e. The number of rotatable bonds is 5. The second-order valence-electron chi connectivity index (χ2n) is 7.80. The zero-order valence-corrected chi connectivity index (χ0v) is 15.9. The van der Waals surface area contributed by atoms with E-state index in [2.05, 4.69) is 31.7 Å². The van der Waals surface area contributed by atoms with Crippen LogP contribution < -0.4 is 16.4 Å². The summed E-state index contributed by atoms with van der Waals surface area (Å²) in [5.41, 5.74) is 8.58. The Morgan fingerprint density at radius 1 is 1.14 bits per heavy atom. The van der Waals surface area contributed by atoms with Crippen molar-refractivity contribution in [3.63, 3.8) is 0 Å². The first-order chi connectivity index (χ1) is 13.6. The first-order valence-electron chi connectivity index (χ1n) is 10.0. The Bertz CT molecular complexity index is 815. The Morgan fingerprint density at radius 2 is 2.04 bits per heavy atom. The Kier molecular flexibility index (Phi) is 5.70. The minimum absolute atomic E-state index is 0.106. The van der Waals surface area contributed by atoms with Gasteiger partial charge in [0.25, 0.3) is 0 Å². The van der Waals surface area contributed by atoms with Crippen LogP contribution in [0.1, 0.15) is 55.2 Å². The molecule has 0 spiro atoms. The van der Waals surface area contributed by atoms with Gasteiger partial charge in [-0.1, -0.05) is 6.07 Å². The van der Waals surface area contributed by atoms with Gasteiger partial charge in [0.2, 0.25) is 5.95 Å². The monoisotopic (exact) mass is 384 g/mol. The molecule has 2 heterocycles. The molecular formula is C20H28N6O2. The van der Waals surface area contributed by atoms with Gasteiger partial charge in [-0.05, 0) is 50.2 Å². The van der Waals surface area contributed by atoms with E-state index in [1.807, 2.05) is 12.3 Å². The smallest absolute Gasteiger partial charge is 0.224 e. The molecular weight excluding hydrogens is 356 g/mol. The standard InChI is InChI=1S/C20H28N6O2/c21-18(28)16-11-23-20(26-19(16)24-13-4-1-5-15(27)9-13)25-14-7-6-12-3-2-8-22-17(12)10-14/h2-3,8,11,13-15,18,27-28H,1,4-7,9-10,21H2,(H2,23,24,25,26)/t13-,14-,15+,18?/m1/s1. The summed E-state index contributed by atoms with van der Waals surface area (Å²) in [6, 6.07) is 4.43. The van der Waals surface area contributed by atoms with Crippen molar-refractivity contribution in [3.05, 3.63) is 41.3 Å². The SMILES string of the molecule is NC(O)c1cnc(N[C@@H]2CCc3cccnc3C2)nc1N[C@@H]1CCC[C@H](O)C1. The molecule has 0 amide bonds. The molecule has 0 aliphatic heterocycles. The summed E-state index contributed by atoms with van der Waals surface area (Å²) in [5.74, 6) is 1.04. The third kappa shape index (κ3) is 4.40. The van der Waals surface area contributed by atoms with Crippen molar-refractivity contribution in [2.75, 3.05) is 10.6 Å². The fourth-order valence-corrected chi connectivity index (χ4v) is 4.13. The highest BCUT2D eigenvalue weighted by molar-refractivity contribution is 5.49. The van der Waals surface area contributed by atoms with E-state index >= 15 is 0 Å². The molecule has 0 radical (unpaired) electrons. The number of aliphatic hydroxyl groups is 2. The molecule has 0 saturated heterocycles. The Balaban J connectivity index is 1.49. The summed E-state index contributed by atoms with van der Waals surface area (Å²) in [5, 5.41) is 26.6. The van der Waals surface area contributed by atoms with Gasteiger partial charge in [0.15, 0.2) is 0 Å². The zero-order chi connectivity index (χ0) is 19.5. The molecule has 8 heteroatoms. The number of nitrogens with one attached hydrogen (secondary N) is 2. The second-order valence-corrected chi connectivity index (χ2v) is 7.80. The first-order valence-corrected chi connectivity index (χ1v) is 10.0. The number of fused-ring (bicyclic) bond motifs is 1. The van der Waals surface area contributed by atoms with Gasteiger partial charge in [0.05, 0.1) is 11.7 Å². The average Bonchev–Trinajstić information content (AvgIpc) is 2.68. The van der Waals surface area contributed by atoms with Crippen LogP contribution in [0.4, 0.5) is 11.8 Å². The fraction of sp³-hybridized carbons (Fsp3) is 0.550. The van der Waals surface area contributed by atoms with Gasteiger partial charge in [0.1, 0.15) is 12.0 Å². The van der Waals surface area contributed by atoms with Crippen molar-refractivity contribution in [1.82, 2.24) is 15.0 Å². The van der Waals surface area contributed by atoms with Crippen molar-refractivity contribution >= 4 is 11.8 Å². The van der Waals surface area contributed by atoms with E-state index in [4.69, 9.17) is 5.73 Å². The van der Waals surface area contributed by atoms with Crippen LogP contribution in [0, 0.1) is 0 Å². The lowest BCUT2D eigenvalue weighted by molar-refractivity contribution is 0.124. The highest BCUT2D eigenvalue weighted by Crippen LogP contribution is 2.26. The van der Waals surface area contributed by atoms with Crippen molar-refractivity contribution in [2.24, 2.45) is 5.73 Å². The molecule has 0 aromatic carbocycles. The third-order valence-electron chi connectivity index (χ3n) is 5.64. The van der Waals surface area contributed by atoms with E-state index in [0.29, 0.717) is 23.8 Å². The topological polar surface area (TPSA) is 129 Å². The molecule has 0 bridgehead atoms. The van der Waals surface area contributed by atoms with Gasteiger partial charge in [-0.15, -0.1) is 0 Å². The molecule has 28 heavy (non-hydrogen) atoms. The maximum Gasteiger partial charge on any atom is 0.224 e. The number of nitrogens with two attached hydrogens (primary N) is 1. The van der Waals surface area contributed by atoms with Crippen LogP contribution in [0.2, 0.25) is 0 Å². The summed E-state index contributed by atoms with van der Waals surface area (Å²) >= 11 is 0. The van der Waals surface area contributed by atoms with Crippen LogP contribution in [0.25, 0.3) is 0 Å². The summed E-state index contributed by atoms with van der Waals surface area (Å²) in [7, 11) is 0. The van der Waals surface area contributed by atoms with Crippen LogP contribution in [-0.2, 0) is 12.8 Å². The maximum atomic E-state index is 9.92. The van der Waals surface area contributed by atoms with Crippen LogP contribution in [-0.4, -0.2) is 43.4 Å². The molecule has 2 aliphatic rings. The molecule has 2 aromatic rings. The lowest BCUT2D eigenvalue weighted by Crippen LogP contribution is -2.32. The largest absolute Gasteiger partial charge is 0.393 e. The van der Waals surface area contributed by atoms with E-state index in [-0.39, 0.29) is 18.2 Å². The lowest BCUT2D eigenvalue weighted by atomic mass is 9.92. The van der Waals surface area contributed by atoms with Crippen molar-refractivity contribution in [3.8, 4) is 0 Å². The number of aliphatic hydroxyl groups excluding tert-OH is 2. The summed E-state index contributed by atoms with van der Waals surface area (Å²) in [6.07, 6.45) is 8.15. The number of hydrogen-bond donors (Lipinski definition) is 5. The Hall–Kier alpha value is -2.29. The van der Waals surface area contributed by atoms with Crippen molar-refractivity contribution < 1.29 is 10.2 Å². The predicted octanol–water partition coefficient (Wildman–Crippen LogP) is 1.51. The number of hydrogen-bond acceptors (Lipinski definition) is 8. The van der Waals surface area contributed by atoms with Gasteiger partial charge in [-0.25, -0.2) is 4.98 Å². The van der Waals surface area contributed by atoms with E-state index in [0.717, 1.165) is 44.2 Å². The van der Waals surface area contributed by atoms with Crippen molar-refractivity contribution in [2.45, 2.75) is 69.4 Å². The molecule has 6 N–H and O–H groups in total.